The molecule has 20 heavy (non-hydrogen) atoms. The predicted octanol–water partition coefficient (Wildman–Crippen LogP) is 2.89. The van der Waals surface area contributed by atoms with E-state index in [0.717, 1.165) is 17.7 Å². The highest BCUT2D eigenvalue weighted by Crippen LogP contribution is 2.46. The molecule has 0 bridgehead atoms. The summed E-state index contributed by atoms with van der Waals surface area (Å²) < 4.78 is 0. The van der Waals surface area contributed by atoms with E-state index in [9.17, 15) is 4.79 Å². The Hall–Kier alpha value is -2.23. The normalized spacial score (nSPS) is 20.6. The average molecular weight is 268 g/mol. The Morgan fingerprint density at radius 3 is 2.65 bits per heavy atom. The molecule has 0 saturated heterocycles. The van der Waals surface area contributed by atoms with Crippen LogP contribution in [0.4, 0.5) is 0 Å². The number of carboxylic acid groups (broad SMARTS) is 1. The number of hydrogen-bond acceptors (Lipinski definition) is 3. The summed E-state index contributed by atoms with van der Waals surface area (Å²) in [6.07, 6.45) is 3.37. The second kappa shape index (κ2) is 5.04. The fraction of sp³-hybridized carbons (Fsp3) is 0.312. The maximum atomic E-state index is 10.9. The van der Waals surface area contributed by atoms with Gasteiger partial charge in [0.2, 0.25) is 0 Å². The molecule has 1 N–H and O–H groups in total. The van der Waals surface area contributed by atoms with Crippen LogP contribution < -0.4 is 0 Å². The molecular weight excluding hydrogens is 252 g/mol. The van der Waals surface area contributed by atoms with Crippen LogP contribution in [0.3, 0.4) is 0 Å². The van der Waals surface area contributed by atoms with Gasteiger partial charge in [-0.1, -0.05) is 31.2 Å². The quantitative estimate of drug-likeness (QED) is 0.926. The van der Waals surface area contributed by atoms with Gasteiger partial charge >= 0.3 is 5.97 Å². The molecule has 3 rings (SSSR count). The summed E-state index contributed by atoms with van der Waals surface area (Å²) >= 11 is 0. The molecule has 2 atom stereocenters. The van der Waals surface area contributed by atoms with Crippen LogP contribution in [0.15, 0.2) is 36.5 Å². The van der Waals surface area contributed by atoms with E-state index in [-0.39, 0.29) is 11.8 Å². The molecule has 0 aliphatic heterocycles. The minimum atomic E-state index is -0.753. The molecule has 4 heteroatoms. The van der Waals surface area contributed by atoms with Crippen LogP contribution in [0.2, 0.25) is 0 Å². The third-order valence-corrected chi connectivity index (χ3v) is 3.77. The lowest BCUT2D eigenvalue weighted by Crippen LogP contribution is -2.02. The van der Waals surface area contributed by atoms with Crippen LogP contribution in [0.1, 0.15) is 30.7 Å². The zero-order chi connectivity index (χ0) is 14.1. The van der Waals surface area contributed by atoms with Crippen molar-refractivity contribution in [1.82, 2.24) is 9.97 Å². The summed E-state index contributed by atoms with van der Waals surface area (Å²) in [5.74, 6) is -0.444. The van der Waals surface area contributed by atoms with Crippen LogP contribution in [-0.2, 0) is 11.2 Å². The van der Waals surface area contributed by atoms with Crippen LogP contribution >= 0.6 is 0 Å². The van der Waals surface area contributed by atoms with Crippen molar-refractivity contribution in [2.24, 2.45) is 5.92 Å². The second-order valence-corrected chi connectivity index (χ2v) is 5.14. The van der Waals surface area contributed by atoms with Crippen molar-refractivity contribution < 1.29 is 9.90 Å². The van der Waals surface area contributed by atoms with Crippen molar-refractivity contribution in [3.8, 4) is 11.3 Å². The van der Waals surface area contributed by atoms with Gasteiger partial charge in [-0.05, 0) is 24.5 Å². The molecule has 2 aromatic rings. The van der Waals surface area contributed by atoms with Gasteiger partial charge in [0, 0.05) is 17.7 Å². The molecule has 1 aromatic heterocycles. The van der Waals surface area contributed by atoms with Crippen LogP contribution in [0.25, 0.3) is 11.3 Å². The molecule has 1 aliphatic rings. The zero-order valence-corrected chi connectivity index (χ0v) is 11.3. The van der Waals surface area contributed by atoms with Crippen molar-refractivity contribution in [2.75, 3.05) is 0 Å². The van der Waals surface area contributed by atoms with Gasteiger partial charge in [-0.25, -0.2) is 9.97 Å². The highest BCUT2D eigenvalue weighted by molar-refractivity contribution is 5.75. The highest BCUT2D eigenvalue weighted by Gasteiger charge is 2.46. The molecule has 1 aliphatic carbocycles. The Balaban J connectivity index is 1.85. The lowest BCUT2D eigenvalue weighted by Gasteiger charge is -2.04. The number of hydrogen-bond donors (Lipinski definition) is 1. The average Bonchev–Trinajstić information content (AvgIpc) is 3.28. The first-order valence-electron chi connectivity index (χ1n) is 6.84. The van der Waals surface area contributed by atoms with Crippen molar-refractivity contribution in [1.29, 1.82) is 0 Å². The monoisotopic (exact) mass is 268 g/mol. The molecule has 0 radical (unpaired) electrons. The first-order chi connectivity index (χ1) is 9.69. The third-order valence-electron chi connectivity index (χ3n) is 3.77. The summed E-state index contributed by atoms with van der Waals surface area (Å²) in [5.41, 5.74) is 3.18. The van der Waals surface area contributed by atoms with Gasteiger partial charge < -0.3 is 5.11 Å². The molecule has 1 aromatic carbocycles. The van der Waals surface area contributed by atoms with Crippen LogP contribution in [0, 0.1) is 5.92 Å². The minimum Gasteiger partial charge on any atom is -0.481 e. The van der Waals surface area contributed by atoms with Crippen LogP contribution in [0.5, 0.6) is 0 Å². The Bertz CT molecular complexity index is 637. The molecule has 1 heterocycles. The van der Waals surface area contributed by atoms with Gasteiger partial charge in [0.15, 0.2) is 0 Å². The molecule has 0 spiro atoms. The van der Waals surface area contributed by atoms with Crippen molar-refractivity contribution in [3.63, 3.8) is 0 Å². The molecule has 102 valence electrons. The van der Waals surface area contributed by atoms with E-state index in [1.807, 2.05) is 18.2 Å². The van der Waals surface area contributed by atoms with Crippen molar-refractivity contribution in [3.05, 3.63) is 47.9 Å². The SMILES string of the molecule is CCc1ccc(-c2ccnc(C3CC3C(=O)O)n2)cc1. The molecule has 1 saturated carbocycles. The van der Waals surface area contributed by atoms with E-state index in [4.69, 9.17) is 5.11 Å². The van der Waals surface area contributed by atoms with Gasteiger partial charge in [0.1, 0.15) is 5.82 Å². The molecular formula is C16H16N2O2. The summed E-state index contributed by atoms with van der Waals surface area (Å²) in [6, 6.07) is 10.1. The van der Waals surface area contributed by atoms with Gasteiger partial charge in [-0.2, -0.15) is 0 Å². The molecule has 0 amide bonds. The van der Waals surface area contributed by atoms with Gasteiger partial charge in [-0.15, -0.1) is 0 Å². The standard InChI is InChI=1S/C16H16N2O2/c1-2-10-3-5-11(6-4-10)14-7-8-17-15(18-14)12-9-13(12)16(19)20/h3-8,12-13H,2,9H2,1H3,(H,19,20). The Kier molecular flexibility index (Phi) is 3.22. The maximum Gasteiger partial charge on any atom is 0.307 e. The van der Waals surface area contributed by atoms with Crippen molar-refractivity contribution in [2.45, 2.75) is 25.7 Å². The Morgan fingerprint density at radius 1 is 1.30 bits per heavy atom. The molecule has 4 nitrogen and oxygen atoms in total. The Morgan fingerprint density at radius 2 is 2.05 bits per heavy atom. The first-order valence-corrected chi connectivity index (χ1v) is 6.84. The number of aliphatic carboxylic acids is 1. The lowest BCUT2D eigenvalue weighted by atomic mass is 10.1. The zero-order valence-electron chi connectivity index (χ0n) is 11.3. The van der Waals surface area contributed by atoms with Gasteiger partial charge in [0.25, 0.3) is 0 Å². The summed E-state index contributed by atoms with van der Waals surface area (Å²) in [5, 5.41) is 8.97. The second-order valence-electron chi connectivity index (χ2n) is 5.14. The number of aromatic nitrogens is 2. The third kappa shape index (κ3) is 2.41. The lowest BCUT2D eigenvalue weighted by molar-refractivity contribution is -0.138. The van der Waals surface area contributed by atoms with E-state index in [1.54, 1.807) is 6.20 Å². The van der Waals surface area contributed by atoms with E-state index in [1.165, 1.54) is 5.56 Å². The van der Waals surface area contributed by atoms with Crippen LogP contribution in [-0.4, -0.2) is 21.0 Å². The number of rotatable bonds is 4. The number of carboxylic acids is 1. The van der Waals surface area contributed by atoms with E-state index in [0.29, 0.717) is 12.2 Å². The first kappa shape index (κ1) is 12.8. The fourth-order valence-corrected chi connectivity index (χ4v) is 2.38. The minimum absolute atomic E-state index is 0.0256. The predicted molar refractivity (Wildman–Crippen MR) is 75.3 cm³/mol. The topological polar surface area (TPSA) is 63.1 Å². The van der Waals surface area contributed by atoms with Crippen molar-refractivity contribution >= 4 is 5.97 Å². The van der Waals surface area contributed by atoms with E-state index >= 15 is 0 Å². The largest absolute Gasteiger partial charge is 0.481 e. The fourth-order valence-electron chi connectivity index (χ4n) is 2.38. The number of benzene rings is 1. The van der Waals surface area contributed by atoms with Gasteiger partial charge in [0.05, 0.1) is 11.6 Å². The summed E-state index contributed by atoms with van der Waals surface area (Å²) in [6.45, 7) is 2.12. The molecule has 2 unspecified atom stereocenters. The summed E-state index contributed by atoms with van der Waals surface area (Å²) in [7, 11) is 0. The van der Waals surface area contributed by atoms with Gasteiger partial charge in [-0.3, -0.25) is 4.79 Å². The number of aryl methyl sites for hydroxylation is 1. The number of carbonyl (C=O) groups is 1. The highest BCUT2D eigenvalue weighted by atomic mass is 16.4. The van der Waals surface area contributed by atoms with E-state index < -0.39 is 5.97 Å². The van der Waals surface area contributed by atoms with E-state index in [2.05, 4.69) is 29.0 Å². The Labute approximate surface area is 117 Å². The maximum absolute atomic E-state index is 10.9. The smallest absolute Gasteiger partial charge is 0.307 e. The number of nitrogens with zero attached hydrogens (tertiary/aromatic N) is 2. The molecule has 1 fully saturated rings. The summed E-state index contributed by atoms with van der Waals surface area (Å²) in [4.78, 5) is 19.7.